The van der Waals surface area contributed by atoms with Crippen molar-refractivity contribution in [2.45, 2.75) is 32.6 Å². The van der Waals surface area contributed by atoms with Gasteiger partial charge in [-0.15, -0.1) is 0 Å². The van der Waals surface area contributed by atoms with Crippen molar-refractivity contribution in [1.82, 2.24) is 24.5 Å². The summed E-state index contributed by atoms with van der Waals surface area (Å²) >= 11 is 0. The van der Waals surface area contributed by atoms with Crippen molar-refractivity contribution < 1.29 is 13.6 Å². The first-order chi connectivity index (χ1) is 15.9. The fourth-order valence-corrected chi connectivity index (χ4v) is 4.44. The van der Waals surface area contributed by atoms with Crippen LogP contribution in [-0.2, 0) is 6.54 Å². The van der Waals surface area contributed by atoms with Crippen LogP contribution in [0.25, 0.3) is 16.6 Å². The van der Waals surface area contributed by atoms with Crippen molar-refractivity contribution in [3.8, 4) is 0 Å². The summed E-state index contributed by atoms with van der Waals surface area (Å²) in [5, 5.41) is 11.1. The van der Waals surface area contributed by atoms with E-state index >= 15 is 0 Å². The Morgan fingerprint density at radius 3 is 2.79 bits per heavy atom. The summed E-state index contributed by atoms with van der Waals surface area (Å²) in [5.41, 5.74) is 2.92. The summed E-state index contributed by atoms with van der Waals surface area (Å²) in [6.07, 6.45) is 4.21. The molecule has 0 bridgehead atoms. The van der Waals surface area contributed by atoms with Gasteiger partial charge in [-0.05, 0) is 33.0 Å². The number of likely N-dealkylation sites (N-methyl/N-ethyl adjacent to an activating group) is 1. The van der Waals surface area contributed by atoms with Crippen LogP contribution >= 0.6 is 0 Å². The lowest BCUT2D eigenvalue weighted by atomic mass is 10.1. The van der Waals surface area contributed by atoms with Crippen LogP contribution in [0.5, 0.6) is 0 Å². The van der Waals surface area contributed by atoms with Crippen molar-refractivity contribution in [2.75, 3.05) is 30.4 Å². The minimum absolute atomic E-state index is 0.204. The molecule has 5 rings (SSSR count). The van der Waals surface area contributed by atoms with Gasteiger partial charge in [0, 0.05) is 48.8 Å². The van der Waals surface area contributed by atoms with Gasteiger partial charge in [-0.1, -0.05) is 0 Å². The molecule has 1 aliphatic rings. The number of fused-ring (bicyclic) bond motifs is 2. The number of carbonyl (C=O) groups excluding carboxylic acids is 1. The van der Waals surface area contributed by atoms with Crippen molar-refractivity contribution in [1.29, 1.82) is 0 Å². The summed E-state index contributed by atoms with van der Waals surface area (Å²) < 4.78 is 32.1. The maximum Gasteiger partial charge on any atom is 0.257 e. The van der Waals surface area contributed by atoms with Gasteiger partial charge in [0.15, 0.2) is 11.5 Å². The highest BCUT2D eigenvalue weighted by atomic mass is 19.1. The van der Waals surface area contributed by atoms with Gasteiger partial charge < -0.3 is 19.9 Å². The Morgan fingerprint density at radius 2 is 2.06 bits per heavy atom. The van der Waals surface area contributed by atoms with E-state index < -0.39 is 17.9 Å². The first kappa shape index (κ1) is 21.3. The number of anilines is 2. The average Bonchev–Trinajstić information content (AvgIpc) is 3.48. The SMILES string of the molecule is CCn1cc2c(N3C[C@@H](F)[C@@H](NC)C3)ccc(C(=O)Nc3cc(F)c4nc(C)cn4c3)c2n1. The van der Waals surface area contributed by atoms with E-state index in [1.807, 2.05) is 24.1 Å². The van der Waals surface area contributed by atoms with E-state index in [1.165, 1.54) is 6.07 Å². The number of benzene rings is 1. The number of nitrogens with one attached hydrogen (secondary N) is 2. The summed E-state index contributed by atoms with van der Waals surface area (Å²) in [4.78, 5) is 19.3. The number of rotatable bonds is 5. The summed E-state index contributed by atoms with van der Waals surface area (Å²) in [7, 11) is 1.75. The first-order valence-corrected chi connectivity index (χ1v) is 10.9. The van der Waals surface area contributed by atoms with Crippen molar-refractivity contribution in [3.63, 3.8) is 0 Å². The van der Waals surface area contributed by atoms with Gasteiger partial charge in [0.25, 0.3) is 5.91 Å². The number of amides is 1. The van der Waals surface area contributed by atoms with Gasteiger partial charge in [0.1, 0.15) is 11.7 Å². The Bertz CT molecular complexity index is 1360. The molecule has 4 heterocycles. The predicted octanol–water partition coefficient (Wildman–Crippen LogP) is 3.15. The largest absolute Gasteiger partial charge is 0.366 e. The number of hydrogen-bond acceptors (Lipinski definition) is 5. The predicted molar refractivity (Wildman–Crippen MR) is 123 cm³/mol. The Hall–Kier alpha value is -3.53. The van der Waals surface area contributed by atoms with Crippen LogP contribution in [0.15, 0.2) is 36.8 Å². The fourth-order valence-electron chi connectivity index (χ4n) is 4.44. The lowest BCUT2D eigenvalue weighted by Gasteiger charge is -2.19. The van der Waals surface area contributed by atoms with Crippen LogP contribution in [-0.4, -0.2) is 57.4 Å². The second kappa shape index (κ2) is 8.11. The molecule has 0 spiro atoms. The van der Waals surface area contributed by atoms with Crippen LogP contribution < -0.4 is 15.5 Å². The molecule has 1 saturated heterocycles. The highest BCUT2D eigenvalue weighted by molar-refractivity contribution is 6.13. The monoisotopic (exact) mass is 453 g/mol. The molecular weight excluding hydrogens is 428 g/mol. The van der Waals surface area contributed by atoms with Crippen molar-refractivity contribution in [3.05, 3.63) is 53.9 Å². The molecule has 172 valence electrons. The van der Waals surface area contributed by atoms with Gasteiger partial charge in [0.05, 0.1) is 29.5 Å². The van der Waals surface area contributed by atoms with E-state index in [0.29, 0.717) is 35.6 Å². The zero-order chi connectivity index (χ0) is 23.3. The number of nitrogens with zero attached hydrogens (tertiary/aromatic N) is 5. The minimum atomic E-state index is -0.981. The van der Waals surface area contributed by atoms with E-state index in [9.17, 15) is 13.6 Å². The van der Waals surface area contributed by atoms with Crippen LogP contribution in [0, 0.1) is 12.7 Å². The molecule has 1 aromatic carbocycles. The number of alkyl halides is 1. The average molecular weight is 453 g/mol. The number of aromatic nitrogens is 4. The molecule has 1 fully saturated rings. The zero-order valence-electron chi connectivity index (χ0n) is 18.6. The smallest absolute Gasteiger partial charge is 0.257 e. The maximum atomic E-state index is 14.4. The maximum absolute atomic E-state index is 14.4. The van der Waals surface area contributed by atoms with Crippen LogP contribution in [0.3, 0.4) is 0 Å². The van der Waals surface area contributed by atoms with E-state index in [4.69, 9.17) is 0 Å². The van der Waals surface area contributed by atoms with E-state index in [1.54, 1.807) is 41.5 Å². The topological polar surface area (TPSA) is 79.5 Å². The van der Waals surface area contributed by atoms with Gasteiger partial charge in [-0.2, -0.15) is 5.10 Å². The quantitative estimate of drug-likeness (QED) is 0.485. The molecule has 10 heteroatoms. The second-order valence-corrected chi connectivity index (χ2v) is 8.34. The fraction of sp³-hybridized carbons (Fsp3) is 0.348. The van der Waals surface area contributed by atoms with Crippen molar-refractivity contribution >= 4 is 33.8 Å². The van der Waals surface area contributed by atoms with Crippen LogP contribution in [0.1, 0.15) is 23.0 Å². The lowest BCUT2D eigenvalue weighted by molar-refractivity contribution is 0.102. The first-order valence-electron chi connectivity index (χ1n) is 10.9. The highest BCUT2D eigenvalue weighted by Gasteiger charge is 2.33. The standard InChI is InChI=1S/C23H25F2N7O/c1-4-32-10-16-20(30-11-18(25)19(12-30)26-3)6-5-15(21(16)29-32)23(33)28-14-7-17(24)22-27-13(2)8-31(22)9-14/h5-10,18-19,26H,4,11-12H2,1-3H3,(H,28,33)/t18-,19+/m1/s1. The second-order valence-electron chi connectivity index (χ2n) is 8.34. The molecular formula is C23H25F2N7O. The zero-order valence-corrected chi connectivity index (χ0v) is 18.6. The molecule has 0 radical (unpaired) electrons. The van der Waals surface area contributed by atoms with Gasteiger partial charge in [-0.25, -0.2) is 13.8 Å². The third-order valence-electron chi connectivity index (χ3n) is 6.11. The van der Waals surface area contributed by atoms with Crippen LogP contribution in [0.2, 0.25) is 0 Å². The third-order valence-corrected chi connectivity index (χ3v) is 6.11. The third kappa shape index (κ3) is 3.70. The molecule has 2 N–H and O–H groups in total. The molecule has 4 aromatic rings. The molecule has 0 unspecified atom stereocenters. The number of hydrogen-bond donors (Lipinski definition) is 2. The molecule has 0 saturated carbocycles. The van der Waals surface area contributed by atoms with Crippen molar-refractivity contribution in [2.24, 2.45) is 0 Å². The summed E-state index contributed by atoms with van der Waals surface area (Å²) in [6.45, 7) is 5.16. The Balaban J connectivity index is 1.51. The highest BCUT2D eigenvalue weighted by Crippen LogP contribution is 2.32. The molecule has 2 atom stereocenters. The number of pyridine rings is 1. The van der Waals surface area contributed by atoms with Gasteiger partial charge in [0.2, 0.25) is 0 Å². The van der Waals surface area contributed by atoms with Gasteiger partial charge in [-0.3, -0.25) is 9.48 Å². The molecule has 3 aromatic heterocycles. The van der Waals surface area contributed by atoms with Crippen LogP contribution in [0.4, 0.5) is 20.2 Å². The number of imidazole rings is 1. The molecule has 1 aliphatic heterocycles. The summed E-state index contributed by atoms with van der Waals surface area (Å²) in [5.74, 6) is -0.924. The molecule has 1 amide bonds. The Morgan fingerprint density at radius 1 is 1.24 bits per heavy atom. The van der Waals surface area contributed by atoms with E-state index in [2.05, 4.69) is 20.7 Å². The molecule has 33 heavy (non-hydrogen) atoms. The Labute approximate surface area is 189 Å². The number of aryl methyl sites for hydroxylation is 2. The minimum Gasteiger partial charge on any atom is -0.366 e. The lowest BCUT2D eigenvalue weighted by Crippen LogP contribution is -2.34. The number of carbonyl (C=O) groups is 1. The molecule has 8 nitrogen and oxygen atoms in total. The normalized spacial score (nSPS) is 18.5. The van der Waals surface area contributed by atoms with E-state index in [-0.39, 0.29) is 18.2 Å². The molecule has 0 aliphatic carbocycles. The van der Waals surface area contributed by atoms with Gasteiger partial charge >= 0.3 is 0 Å². The Kier molecular flexibility index (Phi) is 5.24. The summed E-state index contributed by atoms with van der Waals surface area (Å²) in [6, 6.07) is 4.52. The van der Waals surface area contributed by atoms with E-state index in [0.717, 1.165) is 11.1 Å². The number of halogens is 2.